The van der Waals surface area contributed by atoms with Crippen LogP contribution in [0.5, 0.6) is 0 Å². The number of nitro benzene ring substituents is 1. The quantitative estimate of drug-likeness (QED) is 0.407. The Morgan fingerprint density at radius 3 is 2.50 bits per heavy atom. The third-order valence-corrected chi connectivity index (χ3v) is 5.90. The van der Waals surface area contributed by atoms with Crippen molar-refractivity contribution in [3.8, 4) is 0 Å². The van der Waals surface area contributed by atoms with E-state index in [0.717, 1.165) is 5.57 Å². The highest BCUT2D eigenvalue weighted by atomic mass is 16.6. The summed E-state index contributed by atoms with van der Waals surface area (Å²) in [5.74, 6) is 0.748. The third-order valence-electron chi connectivity index (χ3n) is 5.90. The number of rotatable bonds is 6. The van der Waals surface area contributed by atoms with E-state index in [9.17, 15) is 25.1 Å². The molecule has 0 saturated heterocycles. The zero-order valence-electron chi connectivity index (χ0n) is 15.1. The number of fused-ring (bicyclic) bond motifs is 1. The van der Waals surface area contributed by atoms with E-state index in [-0.39, 0.29) is 29.4 Å². The van der Waals surface area contributed by atoms with Gasteiger partial charge in [-0.25, -0.2) is 0 Å². The molecular formula is C19H24N2O5. The average Bonchev–Trinajstić information content (AvgIpc) is 2.94. The molecule has 2 aliphatic carbocycles. The molecule has 26 heavy (non-hydrogen) atoms. The molecule has 0 spiro atoms. The summed E-state index contributed by atoms with van der Waals surface area (Å²) < 4.78 is 0. The Morgan fingerprint density at radius 1 is 1.38 bits per heavy atom. The van der Waals surface area contributed by atoms with Crippen molar-refractivity contribution >= 4 is 11.5 Å². The van der Waals surface area contributed by atoms with Gasteiger partial charge in [0.1, 0.15) is 6.10 Å². The molecule has 4 atom stereocenters. The van der Waals surface area contributed by atoms with E-state index in [1.807, 2.05) is 0 Å². The molecule has 2 saturated carbocycles. The van der Waals surface area contributed by atoms with Gasteiger partial charge in [0.25, 0.3) is 5.69 Å². The monoisotopic (exact) mass is 360 g/mol. The highest BCUT2D eigenvalue weighted by molar-refractivity contribution is 6.01. The Hall–Kier alpha value is -2.25. The zero-order valence-corrected chi connectivity index (χ0v) is 15.1. The summed E-state index contributed by atoms with van der Waals surface area (Å²) in [6, 6.07) is 4.86. The number of nitrogens with one attached hydrogen (secondary N) is 1. The largest absolute Gasteiger partial charge is 0.394 e. The molecule has 0 aliphatic heterocycles. The molecule has 0 aromatic heterocycles. The van der Waals surface area contributed by atoms with E-state index in [4.69, 9.17) is 0 Å². The fourth-order valence-corrected chi connectivity index (χ4v) is 4.23. The van der Waals surface area contributed by atoms with Crippen molar-refractivity contribution in [1.29, 1.82) is 0 Å². The van der Waals surface area contributed by atoms with Crippen LogP contribution in [0.15, 0.2) is 35.5 Å². The number of carbonyl (C=O) groups excluding carboxylic acids is 1. The predicted octanol–water partition coefficient (Wildman–Crippen LogP) is 2.10. The molecule has 1 aromatic rings. The predicted molar refractivity (Wildman–Crippen MR) is 95.2 cm³/mol. The van der Waals surface area contributed by atoms with Gasteiger partial charge in [-0.2, -0.15) is 0 Å². The maximum atomic E-state index is 12.3. The molecule has 1 aromatic carbocycles. The molecule has 0 amide bonds. The van der Waals surface area contributed by atoms with E-state index in [1.54, 1.807) is 6.92 Å². The van der Waals surface area contributed by atoms with Crippen LogP contribution in [0.25, 0.3) is 0 Å². The van der Waals surface area contributed by atoms with Gasteiger partial charge in [0.05, 0.1) is 17.6 Å². The Bertz CT molecular complexity index is 769. The number of allylic oxidation sites excluding steroid dienone is 2. The number of non-ortho nitro benzene ring substituents is 1. The van der Waals surface area contributed by atoms with Gasteiger partial charge < -0.3 is 15.5 Å². The van der Waals surface area contributed by atoms with E-state index < -0.39 is 17.1 Å². The minimum atomic E-state index is -1.06. The zero-order chi connectivity index (χ0) is 19.2. The van der Waals surface area contributed by atoms with Crippen molar-refractivity contribution in [3.63, 3.8) is 0 Å². The summed E-state index contributed by atoms with van der Waals surface area (Å²) in [5.41, 5.74) is 1.98. The molecule has 2 aliphatic rings. The summed E-state index contributed by atoms with van der Waals surface area (Å²) in [7, 11) is 0. The van der Waals surface area contributed by atoms with Crippen LogP contribution >= 0.6 is 0 Å². The second-order valence-corrected chi connectivity index (χ2v) is 7.80. The van der Waals surface area contributed by atoms with Crippen LogP contribution in [-0.2, 0) is 4.79 Å². The number of hydrogen-bond acceptors (Lipinski definition) is 6. The molecule has 3 rings (SSSR count). The van der Waals surface area contributed by atoms with E-state index in [2.05, 4.69) is 19.2 Å². The first-order valence-electron chi connectivity index (χ1n) is 8.72. The summed E-state index contributed by atoms with van der Waals surface area (Å²) in [5, 5.41) is 34.1. The maximum absolute atomic E-state index is 12.3. The lowest BCUT2D eigenvalue weighted by atomic mass is 9.94. The summed E-state index contributed by atoms with van der Waals surface area (Å²) in [6.45, 7) is 5.76. The van der Waals surface area contributed by atoms with Crippen LogP contribution in [0.3, 0.4) is 0 Å². The summed E-state index contributed by atoms with van der Waals surface area (Å²) in [6.07, 6.45) is -0.503. The van der Waals surface area contributed by atoms with Crippen molar-refractivity contribution in [1.82, 2.24) is 5.32 Å². The lowest BCUT2D eigenvalue weighted by Gasteiger charge is -2.25. The number of nitrogens with zero attached hydrogens (tertiary/aromatic N) is 1. The lowest BCUT2D eigenvalue weighted by Crippen LogP contribution is -2.38. The number of nitro groups is 1. The summed E-state index contributed by atoms with van der Waals surface area (Å²) >= 11 is 0. The van der Waals surface area contributed by atoms with Crippen molar-refractivity contribution in [2.45, 2.75) is 39.3 Å². The summed E-state index contributed by atoms with van der Waals surface area (Å²) in [4.78, 5) is 22.5. The van der Waals surface area contributed by atoms with Gasteiger partial charge in [0, 0.05) is 29.8 Å². The van der Waals surface area contributed by atoms with Crippen molar-refractivity contribution < 1.29 is 19.9 Å². The molecule has 0 heterocycles. The Morgan fingerprint density at radius 2 is 2.00 bits per heavy atom. The molecule has 7 nitrogen and oxygen atoms in total. The topological polar surface area (TPSA) is 113 Å². The standard InChI is InChI=1S/C19H24N2O5/c1-10(16-15(23)8-13-17(16)19(13,2)3)20-14(9-22)18(24)11-4-6-12(7-5-11)21(25)26/h4-7,13-14,17-18,20,22,24H,8-9H2,1-3H3/t13-,14?,17-,18?/m1/s1. The highest BCUT2D eigenvalue weighted by Crippen LogP contribution is 2.68. The Labute approximate surface area is 151 Å². The Balaban J connectivity index is 1.77. The SMILES string of the molecule is CC(NC(CO)C(O)c1ccc([N+](=O)[O-])cc1)=C1C(=O)C[C@@H]2[C@H]1C2(C)C. The van der Waals surface area contributed by atoms with Gasteiger partial charge in [-0.15, -0.1) is 0 Å². The van der Waals surface area contributed by atoms with Crippen molar-refractivity contribution in [3.05, 3.63) is 51.2 Å². The average molecular weight is 360 g/mol. The fraction of sp³-hybridized carbons (Fsp3) is 0.526. The molecular weight excluding hydrogens is 336 g/mol. The van der Waals surface area contributed by atoms with Crippen LogP contribution in [0.4, 0.5) is 5.69 Å². The van der Waals surface area contributed by atoms with E-state index in [0.29, 0.717) is 23.6 Å². The fourth-order valence-electron chi connectivity index (χ4n) is 4.23. The molecule has 2 fully saturated rings. The normalized spacial score (nSPS) is 27.5. The molecule has 0 bridgehead atoms. The van der Waals surface area contributed by atoms with E-state index >= 15 is 0 Å². The number of hydrogen-bond donors (Lipinski definition) is 3. The van der Waals surface area contributed by atoms with Gasteiger partial charge >= 0.3 is 0 Å². The van der Waals surface area contributed by atoms with Crippen LogP contribution in [0.2, 0.25) is 0 Å². The minimum Gasteiger partial charge on any atom is -0.394 e. The second kappa shape index (κ2) is 6.48. The first-order valence-corrected chi connectivity index (χ1v) is 8.72. The number of ketones is 1. The Kier molecular flexibility index (Phi) is 4.62. The number of benzene rings is 1. The smallest absolute Gasteiger partial charge is 0.269 e. The lowest BCUT2D eigenvalue weighted by molar-refractivity contribution is -0.384. The van der Waals surface area contributed by atoms with Crippen LogP contribution in [0, 0.1) is 27.4 Å². The first-order chi connectivity index (χ1) is 12.2. The van der Waals surface area contributed by atoms with Gasteiger partial charge in [-0.1, -0.05) is 13.8 Å². The first kappa shape index (κ1) is 18.5. The second-order valence-electron chi connectivity index (χ2n) is 7.80. The number of Topliss-reactive ketones (excluding diaryl/α,β-unsaturated/α-hetero) is 1. The van der Waals surface area contributed by atoms with Gasteiger partial charge in [-0.05, 0) is 41.9 Å². The number of aliphatic hydroxyl groups is 2. The molecule has 0 radical (unpaired) electrons. The van der Waals surface area contributed by atoms with Gasteiger partial charge in [0.15, 0.2) is 5.78 Å². The molecule has 3 N–H and O–H groups in total. The highest BCUT2D eigenvalue weighted by Gasteiger charge is 2.65. The minimum absolute atomic E-state index is 0.0636. The van der Waals surface area contributed by atoms with Crippen molar-refractivity contribution in [2.75, 3.05) is 6.61 Å². The van der Waals surface area contributed by atoms with Crippen LogP contribution in [-0.4, -0.2) is 33.6 Å². The molecule has 2 unspecified atom stereocenters. The number of aliphatic hydroxyl groups excluding tert-OH is 2. The van der Waals surface area contributed by atoms with Crippen LogP contribution in [0.1, 0.15) is 38.9 Å². The van der Waals surface area contributed by atoms with Crippen LogP contribution < -0.4 is 5.32 Å². The third kappa shape index (κ3) is 3.01. The molecule has 7 heteroatoms. The maximum Gasteiger partial charge on any atom is 0.269 e. The van der Waals surface area contributed by atoms with Crippen molar-refractivity contribution in [2.24, 2.45) is 17.3 Å². The van der Waals surface area contributed by atoms with E-state index in [1.165, 1.54) is 24.3 Å². The molecule has 140 valence electrons. The van der Waals surface area contributed by atoms with Gasteiger partial charge in [0.2, 0.25) is 0 Å². The van der Waals surface area contributed by atoms with Gasteiger partial charge in [-0.3, -0.25) is 14.9 Å². The number of carbonyl (C=O) groups is 1.